The molecule has 0 atom stereocenters. The molecule has 260 valence electrons. The normalized spacial score (nSPS) is 17.8. The summed E-state index contributed by atoms with van der Waals surface area (Å²) in [6.45, 7) is 9.93. The number of nitrogens with one attached hydrogen (secondary N) is 2. The lowest BCUT2D eigenvalue weighted by atomic mass is 9.93. The monoisotopic (exact) mass is 731 g/mol. The molecule has 5 rings (SSSR count). The van der Waals surface area contributed by atoms with Crippen LogP contribution in [0.2, 0.25) is 0 Å². The second-order valence-electron chi connectivity index (χ2n) is 14.8. The molecule has 0 bridgehead atoms. The van der Waals surface area contributed by atoms with Gasteiger partial charge in [-0.2, -0.15) is 4.57 Å². The Morgan fingerprint density at radius 3 is 2.25 bits per heavy atom. The van der Waals surface area contributed by atoms with Gasteiger partial charge in [0.1, 0.15) is 11.7 Å². The lowest BCUT2D eigenvalue weighted by Gasteiger charge is -2.23. The van der Waals surface area contributed by atoms with Gasteiger partial charge in [0, 0.05) is 30.6 Å². The molecule has 0 spiro atoms. The molecule has 1 aliphatic heterocycles. The van der Waals surface area contributed by atoms with E-state index in [0.717, 1.165) is 50.1 Å². The van der Waals surface area contributed by atoms with Crippen LogP contribution in [-0.2, 0) is 27.1 Å². The number of thioether (sulfide) groups is 1. The third-order valence-electron chi connectivity index (χ3n) is 8.76. The van der Waals surface area contributed by atoms with E-state index >= 15 is 0 Å². The van der Waals surface area contributed by atoms with Crippen molar-refractivity contribution in [2.24, 2.45) is 12.5 Å². The number of aromatic nitrogens is 1. The number of likely N-dealkylation sites (N-methyl/N-ethyl adjacent to an activating group) is 1. The minimum atomic E-state index is -3.60. The van der Waals surface area contributed by atoms with Crippen molar-refractivity contribution in [3.63, 3.8) is 0 Å². The number of quaternary nitrogens is 1. The Morgan fingerprint density at radius 1 is 0.938 bits per heavy atom. The molecule has 0 radical (unpaired) electrons. The van der Waals surface area contributed by atoms with Crippen molar-refractivity contribution in [3.05, 3.63) is 69.2 Å². The van der Waals surface area contributed by atoms with Gasteiger partial charge >= 0.3 is 0 Å². The molecule has 2 aromatic carbocycles. The van der Waals surface area contributed by atoms with Crippen LogP contribution < -0.4 is 18.9 Å². The van der Waals surface area contributed by atoms with Crippen LogP contribution in [0.25, 0.3) is 16.3 Å². The molecule has 2 N–H and O–H groups in total. The van der Waals surface area contributed by atoms with Gasteiger partial charge in [0.05, 0.1) is 54.7 Å². The van der Waals surface area contributed by atoms with Gasteiger partial charge in [0.15, 0.2) is 0 Å². The maximum absolute atomic E-state index is 13.0. The summed E-state index contributed by atoms with van der Waals surface area (Å²) in [5, 5.41) is 2.12. The minimum absolute atomic E-state index is 0.0503. The Morgan fingerprint density at radius 2 is 1.58 bits per heavy atom. The van der Waals surface area contributed by atoms with Gasteiger partial charge in [-0.15, -0.1) is 0 Å². The number of hydrogen-bond donors (Lipinski definition) is 2. The summed E-state index contributed by atoms with van der Waals surface area (Å²) in [6.07, 6.45) is 7.04. The molecule has 0 fully saturated rings. The van der Waals surface area contributed by atoms with Gasteiger partial charge in [-0.3, -0.25) is 0 Å². The van der Waals surface area contributed by atoms with Crippen molar-refractivity contribution >= 4 is 65.1 Å². The number of thiazole rings is 1. The summed E-state index contributed by atoms with van der Waals surface area (Å²) in [5.41, 5.74) is 5.80. The van der Waals surface area contributed by atoms with E-state index in [4.69, 9.17) is 0 Å². The van der Waals surface area contributed by atoms with Crippen LogP contribution in [-0.4, -0.2) is 69.1 Å². The first-order valence-corrected chi connectivity index (χ1v) is 20.7. The zero-order valence-electron chi connectivity index (χ0n) is 29.5. The minimum Gasteiger partial charge on any atom is -0.338 e. The highest BCUT2D eigenvalue weighted by atomic mass is 32.2. The van der Waals surface area contributed by atoms with E-state index < -0.39 is 20.0 Å². The molecule has 13 heteroatoms. The quantitative estimate of drug-likeness (QED) is 0.186. The maximum atomic E-state index is 13.0. The second kappa shape index (κ2) is 13.7. The summed E-state index contributed by atoms with van der Waals surface area (Å²) in [6, 6.07) is 10.7. The van der Waals surface area contributed by atoms with Crippen LogP contribution in [0.3, 0.4) is 0 Å². The predicted octanol–water partition coefficient (Wildman–Crippen LogP) is 6.00. The summed E-state index contributed by atoms with van der Waals surface area (Å²) in [5.74, 6) is 0. The Labute approximate surface area is 295 Å². The van der Waals surface area contributed by atoms with E-state index in [2.05, 4.69) is 58.8 Å². The number of benzene rings is 2. The molecule has 3 aromatic rings. The van der Waals surface area contributed by atoms with E-state index in [1.807, 2.05) is 47.4 Å². The number of allylic oxidation sites excluding steroid dienone is 4. The molecule has 0 saturated carbocycles. The summed E-state index contributed by atoms with van der Waals surface area (Å²) < 4.78 is 61.2. The lowest BCUT2D eigenvalue weighted by Crippen LogP contribution is -2.41. The topological polar surface area (TPSA) is 99.5 Å². The van der Waals surface area contributed by atoms with Crippen molar-refractivity contribution < 1.29 is 25.9 Å². The van der Waals surface area contributed by atoms with Crippen molar-refractivity contribution in [2.75, 3.05) is 52.7 Å². The first-order valence-electron chi connectivity index (χ1n) is 16.1. The largest absolute Gasteiger partial charge is 0.338 e. The number of nitrogens with zero attached hydrogens (tertiary/aromatic N) is 3. The standard InChI is InChI=1S/C35H49N5O4S4/c1-24-25(20-33-38(5)29-14-12-27(22-31(29)45-33)47(41,42)36-17-16-35(2,3)4)10-11-26(24)21-34-39(6)30-15-13-28(23-32(30)46-34)48(43,44)37-18-19-40(7,8)9/h12-15,20-23,36-37H,10-11,16-19H2,1-9H3/q+2. The molecule has 2 aliphatic rings. The van der Waals surface area contributed by atoms with Gasteiger partial charge in [0.25, 0.3) is 5.01 Å². The molecule has 48 heavy (non-hydrogen) atoms. The number of anilines is 1. The summed E-state index contributed by atoms with van der Waals surface area (Å²) in [7, 11) is 2.95. The molecule has 1 aliphatic carbocycles. The summed E-state index contributed by atoms with van der Waals surface area (Å²) in [4.78, 5) is 3.62. The van der Waals surface area contributed by atoms with Crippen molar-refractivity contribution in [1.29, 1.82) is 0 Å². The van der Waals surface area contributed by atoms with Crippen LogP contribution in [0, 0.1) is 5.41 Å². The molecule has 2 heterocycles. The molecule has 0 saturated heterocycles. The molecule has 9 nitrogen and oxygen atoms in total. The Bertz CT molecular complexity index is 2050. The van der Waals surface area contributed by atoms with E-state index in [1.165, 1.54) is 16.7 Å². The van der Waals surface area contributed by atoms with Crippen LogP contribution >= 0.6 is 23.1 Å². The molecular weight excluding hydrogens is 683 g/mol. The average molecular weight is 732 g/mol. The molecular formula is C35H49N5O4S4+2. The van der Waals surface area contributed by atoms with E-state index in [9.17, 15) is 16.8 Å². The van der Waals surface area contributed by atoms with Crippen molar-refractivity contribution in [2.45, 2.75) is 61.6 Å². The predicted molar refractivity (Wildman–Crippen MR) is 199 cm³/mol. The molecule has 0 amide bonds. The Balaban J connectivity index is 1.33. The number of hydrogen-bond acceptors (Lipinski definition) is 7. The van der Waals surface area contributed by atoms with Gasteiger partial charge in [-0.05, 0) is 84.7 Å². The fourth-order valence-corrected chi connectivity index (χ4v) is 10.2. The van der Waals surface area contributed by atoms with Crippen molar-refractivity contribution in [3.8, 4) is 0 Å². The van der Waals surface area contributed by atoms with Gasteiger partial charge in [-0.1, -0.05) is 43.9 Å². The fraction of sp³-hybridized carbons (Fsp3) is 0.457. The highest BCUT2D eigenvalue weighted by Crippen LogP contribution is 2.47. The Kier molecular flexibility index (Phi) is 10.5. The lowest BCUT2D eigenvalue weighted by molar-refractivity contribution is -0.869. The third kappa shape index (κ3) is 8.43. The van der Waals surface area contributed by atoms with E-state index in [-0.39, 0.29) is 15.2 Å². The zero-order chi connectivity index (χ0) is 35.2. The average Bonchev–Trinajstić information content (AvgIpc) is 3.59. The van der Waals surface area contributed by atoms with Crippen LogP contribution in [0.5, 0.6) is 0 Å². The highest BCUT2D eigenvalue weighted by molar-refractivity contribution is 8.03. The fourth-order valence-electron chi connectivity index (χ4n) is 5.65. The number of aryl methyl sites for hydroxylation is 1. The Hall–Kier alpha value is -2.52. The smallest absolute Gasteiger partial charge is 0.262 e. The van der Waals surface area contributed by atoms with Crippen molar-refractivity contribution in [1.82, 2.24) is 9.44 Å². The molecule has 0 unspecified atom stereocenters. The first-order chi connectivity index (χ1) is 22.2. The van der Waals surface area contributed by atoms with Crippen LogP contribution in [0.1, 0.15) is 52.0 Å². The van der Waals surface area contributed by atoms with Crippen LogP contribution in [0.4, 0.5) is 5.69 Å². The number of fused-ring (bicyclic) bond motifs is 2. The third-order valence-corrected chi connectivity index (χ3v) is 14.0. The van der Waals surface area contributed by atoms with E-state index in [0.29, 0.717) is 24.1 Å². The maximum Gasteiger partial charge on any atom is 0.262 e. The molecule has 1 aromatic heterocycles. The number of sulfonamides is 2. The van der Waals surface area contributed by atoms with Gasteiger partial charge < -0.3 is 9.38 Å². The van der Waals surface area contributed by atoms with Crippen LogP contribution in [0.15, 0.2) is 78.9 Å². The number of rotatable bonds is 11. The summed E-state index contributed by atoms with van der Waals surface area (Å²) >= 11 is 3.19. The zero-order valence-corrected chi connectivity index (χ0v) is 32.7. The van der Waals surface area contributed by atoms with E-state index in [1.54, 1.807) is 47.4 Å². The SMILES string of the molecule is CC1=C(C=C2Sc3cc(S(=O)(=O)NCC[N+](C)(C)C)ccc3N2C)CCC1=Cc1sc2cc(S(=O)(=O)NCCC(C)(C)C)ccc2[n+]1C. The second-order valence-corrected chi connectivity index (χ2v) is 20.5. The van der Waals surface area contributed by atoms with Gasteiger partial charge in [0.2, 0.25) is 25.6 Å². The highest BCUT2D eigenvalue weighted by Gasteiger charge is 2.28. The van der Waals surface area contributed by atoms with Gasteiger partial charge in [-0.25, -0.2) is 26.3 Å². The first kappa shape index (κ1) is 36.8.